The molecular formula is C13H14N4O3. The highest BCUT2D eigenvalue weighted by Crippen LogP contribution is 2.00. The van der Waals surface area contributed by atoms with Crippen LogP contribution in [-0.4, -0.2) is 38.1 Å². The molecule has 0 aliphatic rings. The molecule has 7 nitrogen and oxygen atoms in total. The molecule has 2 aromatic heterocycles. The quantitative estimate of drug-likeness (QED) is 0.826. The number of nitrogens with one attached hydrogen (secondary N) is 1. The summed E-state index contributed by atoms with van der Waals surface area (Å²) in [6.45, 7) is 0.405. The molecule has 20 heavy (non-hydrogen) atoms. The SMILES string of the molecule is Cn1ccnc1CCNC(=O)c1cccc(C(=O)O)n1. The second kappa shape index (κ2) is 5.96. The van der Waals surface area contributed by atoms with E-state index in [0.29, 0.717) is 13.0 Å². The number of carbonyl (C=O) groups is 2. The Labute approximate surface area is 115 Å². The molecule has 0 aliphatic heterocycles. The molecule has 2 N–H and O–H groups in total. The summed E-state index contributed by atoms with van der Waals surface area (Å²) in [5, 5.41) is 11.5. The molecule has 2 heterocycles. The van der Waals surface area contributed by atoms with Crippen LogP contribution in [0.2, 0.25) is 0 Å². The van der Waals surface area contributed by atoms with E-state index in [1.54, 1.807) is 6.20 Å². The van der Waals surface area contributed by atoms with Gasteiger partial charge in [0.1, 0.15) is 17.2 Å². The van der Waals surface area contributed by atoms with E-state index in [0.717, 1.165) is 5.82 Å². The number of aromatic carboxylic acids is 1. The normalized spacial score (nSPS) is 10.2. The zero-order chi connectivity index (χ0) is 14.5. The van der Waals surface area contributed by atoms with Crippen LogP contribution < -0.4 is 5.32 Å². The number of amides is 1. The van der Waals surface area contributed by atoms with Gasteiger partial charge < -0.3 is 15.0 Å². The Kier molecular flexibility index (Phi) is 4.09. The molecule has 2 rings (SSSR count). The fourth-order valence-corrected chi connectivity index (χ4v) is 1.70. The Hall–Kier alpha value is -2.70. The average Bonchev–Trinajstić information content (AvgIpc) is 2.84. The average molecular weight is 274 g/mol. The van der Waals surface area contributed by atoms with Gasteiger partial charge >= 0.3 is 5.97 Å². The third kappa shape index (κ3) is 3.19. The lowest BCUT2D eigenvalue weighted by molar-refractivity contribution is 0.0690. The minimum atomic E-state index is -1.16. The predicted octanol–water partition coefficient (Wildman–Crippen LogP) is 0.486. The Morgan fingerprint density at radius 1 is 1.35 bits per heavy atom. The highest BCUT2D eigenvalue weighted by molar-refractivity contribution is 5.94. The number of pyridine rings is 1. The number of imidazole rings is 1. The number of hydrogen-bond acceptors (Lipinski definition) is 4. The summed E-state index contributed by atoms with van der Waals surface area (Å²) in [4.78, 5) is 30.5. The first-order valence-electron chi connectivity index (χ1n) is 6.02. The summed E-state index contributed by atoms with van der Waals surface area (Å²) in [5.74, 6) is -0.701. The van der Waals surface area contributed by atoms with Crippen LogP contribution in [0.3, 0.4) is 0 Å². The van der Waals surface area contributed by atoms with Gasteiger partial charge in [-0.25, -0.2) is 14.8 Å². The lowest BCUT2D eigenvalue weighted by Gasteiger charge is -2.05. The van der Waals surface area contributed by atoms with E-state index in [1.807, 2.05) is 17.8 Å². The van der Waals surface area contributed by atoms with Crippen molar-refractivity contribution in [1.29, 1.82) is 0 Å². The highest BCUT2D eigenvalue weighted by atomic mass is 16.4. The molecule has 0 radical (unpaired) electrons. The van der Waals surface area contributed by atoms with Gasteiger partial charge in [0.25, 0.3) is 5.91 Å². The first kappa shape index (κ1) is 13.7. The smallest absolute Gasteiger partial charge is 0.354 e. The Balaban J connectivity index is 1.93. The summed E-state index contributed by atoms with van der Waals surface area (Å²) >= 11 is 0. The molecule has 0 aliphatic carbocycles. The first-order chi connectivity index (χ1) is 9.58. The molecule has 0 atom stereocenters. The van der Waals surface area contributed by atoms with Crippen LogP contribution in [0.5, 0.6) is 0 Å². The van der Waals surface area contributed by atoms with Crippen LogP contribution in [-0.2, 0) is 13.5 Å². The van der Waals surface area contributed by atoms with Gasteiger partial charge in [-0.2, -0.15) is 0 Å². The van der Waals surface area contributed by atoms with Crippen LogP contribution >= 0.6 is 0 Å². The van der Waals surface area contributed by atoms with Gasteiger partial charge in [0, 0.05) is 32.4 Å². The Bertz CT molecular complexity index is 636. The van der Waals surface area contributed by atoms with Gasteiger partial charge in [0.05, 0.1) is 0 Å². The van der Waals surface area contributed by atoms with Gasteiger partial charge in [-0.1, -0.05) is 6.07 Å². The second-order valence-electron chi connectivity index (χ2n) is 4.17. The molecule has 0 aromatic carbocycles. The highest BCUT2D eigenvalue weighted by Gasteiger charge is 2.11. The van der Waals surface area contributed by atoms with Gasteiger partial charge in [0.2, 0.25) is 0 Å². The summed E-state index contributed by atoms with van der Waals surface area (Å²) < 4.78 is 1.87. The number of rotatable bonds is 5. The predicted molar refractivity (Wildman–Crippen MR) is 70.4 cm³/mol. The molecular weight excluding hydrogens is 260 g/mol. The van der Waals surface area contributed by atoms with Gasteiger partial charge in [-0.3, -0.25) is 4.79 Å². The maximum atomic E-state index is 11.8. The van der Waals surface area contributed by atoms with Crippen molar-refractivity contribution in [3.63, 3.8) is 0 Å². The first-order valence-corrected chi connectivity index (χ1v) is 6.02. The fraction of sp³-hybridized carbons (Fsp3) is 0.231. The molecule has 0 saturated carbocycles. The monoisotopic (exact) mass is 274 g/mol. The van der Waals surface area contributed by atoms with Crippen LogP contribution in [0.4, 0.5) is 0 Å². The van der Waals surface area contributed by atoms with E-state index in [-0.39, 0.29) is 11.4 Å². The van der Waals surface area contributed by atoms with Crippen molar-refractivity contribution in [2.75, 3.05) is 6.54 Å². The van der Waals surface area contributed by atoms with Crippen molar-refractivity contribution in [2.45, 2.75) is 6.42 Å². The minimum absolute atomic E-state index is 0.0877. The standard InChI is InChI=1S/C13H14N4O3/c1-17-8-7-14-11(17)5-6-15-12(18)9-3-2-4-10(16-9)13(19)20/h2-4,7-8H,5-6H2,1H3,(H,15,18)(H,19,20). The van der Waals surface area contributed by atoms with Gasteiger partial charge in [-0.15, -0.1) is 0 Å². The molecule has 0 spiro atoms. The van der Waals surface area contributed by atoms with E-state index < -0.39 is 11.9 Å². The van der Waals surface area contributed by atoms with Gasteiger partial charge in [-0.05, 0) is 12.1 Å². The van der Waals surface area contributed by atoms with Crippen molar-refractivity contribution in [2.24, 2.45) is 7.05 Å². The molecule has 0 fully saturated rings. The van der Waals surface area contributed by atoms with Crippen molar-refractivity contribution in [3.8, 4) is 0 Å². The fourth-order valence-electron chi connectivity index (χ4n) is 1.70. The number of nitrogens with zero attached hydrogens (tertiary/aromatic N) is 3. The van der Waals surface area contributed by atoms with Crippen molar-refractivity contribution >= 4 is 11.9 Å². The third-order valence-electron chi connectivity index (χ3n) is 2.76. The molecule has 7 heteroatoms. The number of aromatic nitrogens is 3. The minimum Gasteiger partial charge on any atom is -0.477 e. The Morgan fingerprint density at radius 2 is 2.10 bits per heavy atom. The van der Waals surface area contributed by atoms with E-state index >= 15 is 0 Å². The number of carboxylic acid groups (broad SMARTS) is 1. The van der Waals surface area contributed by atoms with Crippen molar-refractivity contribution in [1.82, 2.24) is 19.9 Å². The lowest BCUT2D eigenvalue weighted by Crippen LogP contribution is -2.27. The third-order valence-corrected chi connectivity index (χ3v) is 2.76. The zero-order valence-corrected chi connectivity index (χ0v) is 10.9. The van der Waals surface area contributed by atoms with E-state index in [2.05, 4.69) is 15.3 Å². The van der Waals surface area contributed by atoms with Gasteiger partial charge in [0.15, 0.2) is 0 Å². The lowest BCUT2D eigenvalue weighted by atomic mass is 10.3. The maximum absolute atomic E-state index is 11.8. The molecule has 104 valence electrons. The van der Waals surface area contributed by atoms with Crippen LogP contribution in [0.1, 0.15) is 26.8 Å². The number of carboxylic acids is 1. The summed E-state index contributed by atoms with van der Waals surface area (Å²) in [7, 11) is 1.88. The van der Waals surface area contributed by atoms with Crippen molar-refractivity contribution < 1.29 is 14.7 Å². The second-order valence-corrected chi connectivity index (χ2v) is 4.17. The summed E-state index contributed by atoms with van der Waals surface area (Å²) in [5.41, 5.74) is -0.0634. The van der Waals surface area contributed by atoms with Crippen LogP contribution in [0.25, 0.3) is 0 Å². The number of carbonyl (C=O) groups excluding carboxylic acids is 1. The zero-order valence-electron chi connectivity index (χ0n) is 10.9. The van der Waals surface area contributed by atoms with E-state index in [1.165, 1.54) is 18.2 Å². The summed E-state index contributed by atoms with van der Waals surface area (Å²) in [6, 6.07) is 4.31. The van der Waals surface area contributed by atoms with Crippen LogP contribution in [0.15, 0.2) is 30.6 Å². The molecule has 2 aromatic rings. The van der Waals surface area contributed by atoms with Crippen molar-refractivity contribution in [3.05, 3.63) is 47.8 Å². The maximum Gasteiger partial charge on any atom is 0.354 e. The molecule has 0 unspecified atom stereocenters. The largest absolute Gasteiger partial charge is 0.477 e. The van der Waals surface area contributed by atoms with E-state index in [4.69, 9.17) is 5.11 Å². The van der Waals surface area contributed by atoms with E-state index in [9.17, 15) is 9.59 Å². The van der Waals surface area contributed by atoms with Crippen LogP contribution in [0, 0.1) is 0 Å². The summed E-state index contributed by atoms with van der Waals surface area (Å²) in [6.07, 6.45) is 4.11. The molecule has 0 bridgehead atoms. The molecule has 1 amide bonds. The Morgan fingerprint density at radius 3 is 2.75 bits per heavy atom. The number of aryl methyl sites for hydroxylation is 1. The topological polar surface area (TPSA) is 97.1 Å². The molecule has 0 saturated heterocycles. The number of hydrogen-bond donors (Lipinski definition) is 2.